The van der Waals surface area contributed by atoms with Crippen LogP contribution >= 0.6 is 15.9 Å². The Bertz CT molecular complexity index is 409. The van der Waals surface area contributed by atoms with Gasteiger partial charge >= 0.3 is 0 Å². The molecule has 94 valence electrons. The minimum absolute atomic E-state index is 0.307. The summed E-state index contributed by atoms with van der Waals surface area (Å²) in [6.45, 7) is 2.39. The second kappa shape index (κ2) is 6.02. The fraction of sp³-hybridized carbons (Fsp3) is 0.417. The molecule has 0 aliphatic rings. The van der Waals surface area contributed by atoms with Gasteiger partial charge in [-0.3, -0.25) is 9.69 Å². The van der Waals surface area contributed by atoms with Crippen LogP contribution in [0.5, 0.6) is 5.75 Å². The molecule has 0 fully saturated rings. The number of primary amides is 1. The Balaban J connectivity index is 2.86. The highest BCUT2D eigenvalue weighted by atomic mass is 79.9. The smallest absolute Gasteiger partial charge is 0.234 e. The Hall–Kier alpha value is -1.07. The number of ether oxygens (including phenoxy) is 1. The molecule has 2 N–H and O–H groups in total. The number of likely N-dealkylation sites (N-methyl/N-ethyl adjacent to an activating group) is 1. The van der Waals surface area contributed by atoms with Crippen LogP contribution in [0.2, 0.25) is 0 Å². The molecule has 1 aromatic rings. The molecule has 0 radical (unpaired) electrons. The van der Waals surface area contributed by atoms with Crippen LogP contribution in [-0.4, -0.2) is 31.0 Å². The largest absolute Gasteiger partial charge is 0.496 e. The second-order valence-electron chi connectivity index (χ2n) is 3.95. The Kier molecular flexibility index (Phi) is 4.96. The molecule has 1 atom stereocenters. The molecule has 0 saturated heterocycles. The van der Waals surface area contributed by atoms with E-state index in [1.165, 1.54) is 0 Å². The number of halogens is 1. The standard InChI is InChI=1S/C12H17BrN2O2/c1-8(12(14)16)15(2)7-9-6-10(13)4-5-11(9)17-3/h4-6,8H,7H2,1-3H3,(H2,14,16). The van der Waals surface area contributed by atoms with E-state index >= 15 is 0 Å². The third kappa shape index (κ3) is 3.71. The van der Waals surface area contributed by atoms with Crippen molar-refractivity contribution < 1.29 is 9.53 Å². The van der Waals surface area contributed by atoms with Gasteiger partial charge in [0.05, 0.1) is 13.2 Å². The third-order valence-corrected chi connectivity index (χ3v) is 3.23. The lowest BCUT2D eigenvalue weighted by atomic mass is 10.1. The molecule has 5 heteroatoms. The molecule has 0 saturated carbocycles. The first-order valence-corrected chi connectivity index (χ1v) is 6.07. The van der Waals surface area contributed by atoms with Crippen molar-refractivity contribution in [2.24, 2.45) is 5.73 Å². The molecule has 0 spiro atoms. The molecule has 0 aliphatic carbocycles. The SMILES string of the molecule is COc1ccc(Br)cc1CN(C)C(C)C(N)=O. The predicted octanol–water partition coefficient (Wildman–Crippen LogP) is 1.76. The van der Waals surface area contributed by atoms with Gasteiger partial charge in [-0.2, -0.15) is 0 Å². The average Bonchev–Trinajstić information content (AvgIpc) is 2.28. The number of carbonyl (C=O) groups excluding carboxylic acids is 1. The third-order valence-electron chi connectivity index (χ3n) is 2.74. The van der Waals surface area contributed by atoms with Crippen molar-refractivity contribution in [3.63, 3.8) is 0 Å². The normalized spacial score (nSPS) is 12.5. The van der Waals surface area contributed by atoms with E-state index in [4.69, 9.17) is 10.5 Å². The van der Waals surface area contributed by atoms with Crippen LogP contribution in [0.15, 0.2) is 22.7 Å². The van der Waals surface area contributed by atoms with Gasteiger partial charge < -0.3 is 10.5 Å². The number of hydrogen-bond acceptors (Lipinski definition) is 3. The maximum Gasteiger partial charge on any atom is 0.234 e. The molecule has 0 heterocycles. The van der Waals surface area contributed by atoms with Gasteiger partial charge in [0.1, 0.15) is 5.75 Å². The summed E-state index contributed by atoms with van der Waals surface area (Å²) >= 11 is 3.42. The first-order valence-electron chi connectivity index (χ1n) is 5.27. The maximum absolute atomic E-state index is 11.1. The van der Waals surface area contributed by atoms with Crippen molar-refractivity contribution in [2.45, 2.75) is 19.5 Å². The maximum atomic E-state index is 11.1. The van der Waals surface area contributed by atoms with E-state index in [-0.39, 0.29) is 11.9 Å². The van der Waals surface area contributed by atoms with E-state index in [0.717, 1.165) is 15.8 Å². The van der Waals surface area contributed by atoms with E-state index in [2.05, 4.69) is 15.9 Å². The molecule has 1 aromatic carbocycles. The van der Waals surface area contributed by atoms with Gasteiger partial charge in [-0.25, -0.2) is 0 Å². The van der Waals surface area contributed by atoms with Crippen molar-refractivity contribution >= 4 is 21.8 Å². The topological polar surface area (TPSA) is 55.6 Å². The van der Waals surface area contributed by atoms with Crippen molar-refractivity contribution in [2.75, 3.05) is 14.2 Å². The number of nitrogens with two attached hydrogens (primary N) is 1. The Morgan fingerprint density at radius 2 is 2.24 bits per heavy atom. The summed E-state index contributed by atoms with van der Waals surface area (Å²) < 4.78 is 6.26. The molecule has 1 unspecified atom stereocenters. The van der Waals surface area contributed by atoms with Gasteiger partial charge in [-0.1, -0.05) is 15.9 Å². The average molecular weight is 301 g/mol. The van der Waals surface area contributed by atoms with E-state index in [0.29, 0.717) is 6.54 Å². The predicted molar refractivity (Wildman–Crippen MR) is 70.8 cm³/mol. The fourth-order valence-electron chi connectivity index (χ4n) is 1.49. The number of amides is 1. The lowest BCUT2D eigenvalue weighted by Crippen LogP contribution is -2.39. The number of rotatable bonds is 5. The van der Waals surface area contributed by atoms with Gasteiger partial charge in [0.2, 0.25) is 5.91 Å². The number of methoxy groups -OCH3 is 1. The summed E-state index contributed by atoms with van der Waals surface area (Å²) in [6.07, 6.45) is 0. The molecule has 0 aliphatic heterocycles. The highest BCUT2D eigenvalue weighted by Crippen LogP contribution is 2.24. The minimum atomic E-state index is -0.332. The lowest BCUT2D eigenvalue weighted by Gasteiger charge is -2.23. The lowest BCUT2D eigenvalue weighted by molar-refractivity contribution is -0.122. The van der Waals surface area contributed by atoms with E-state index in [1.54, 1.807) is 14.0 Å². The Morgan fingerprint density at radius 3 is 2.76 bits per heavy atom. The first kappa shape index (κ1) is 14.0. The van der Waals surface area contributed by atoms with Crippen LogP contribution in [0.25, 0.3) is 0 Å². The zero-order chi connectivity index (χ0) is 13.0. The Labute approximate surface area is 110 Å². The van der Waals surface area contributed by atoms with Crippen LogP contribution in [0, 0.1) is 0 Å². The highest BCUT2D eigenvalue weighted by molar-refractivity contribution is 9.10. The van der Waals surface area contributed by atoms with E-state index < -0.39 is 0 Å². The van der Waals surface area contributed by atoms with Crippen LogP contribution in [0.1, 0.15) is 12.5 Å². The molecule has 1 amide bonds. The number of benzene rings is 1. The Morgan fingerprint density at radius 1 is 1.59 bits per heavy atom. The van der Waals surface area contributed by atoms with Gasteiger partial charge in [0, 0.05) is 16.6 Å². The first-order chi connectivity index (χ1) is 7.95. The van der Waals surface area contributed by atoms with Crippen LogP contribution in [-0.2, 0) is 11.3 Å². The van der Waals surface area contributed by atoms with Crippen molar-refractivity contribution in [1.29, 1.82) is 0 Å². The monoisotopic (exact) mass is 300 g/mol. The van der Waals surface area contributed by atoms with Gasteiger partial charge in [-0.05, 0) is 32.2 Å². The molecule has 4 nitrogen and oxygen atoms in total. The summed E-state index contributed by atoms with van der Waals surface area (Å²) in [5.41, 5.74) is 6.28. The summed E-state index contributed by atoms with van der Waals surface area (Å²) in [5.74, 6) is 0.471. The van der Waals surface area contributed by atoms with Crippen molar-refractivity contribution in [1.82, 2.24) is 4.90 Å². The fourth-order valence-corrected chi connectivity index (χ4v) is 1.90. The second-order valence-corrected chi connectivity index (χ2v) is 4.87. The summed E-state index contributed by atoms with van der Waals surface area (Å²) in [4.78, 5) is 13.0. The van der Waals surface area contributed by atoms with Crippen LogP contribution < -0.4 is 10.5 Å². The molecule has 1 rings (SSSR count). The van der Waals surface area contributed by atoms with Gasteiger partial charge in [0.15, 0.2) is 0 Å². The van der Waals surface area contributed by atoms with Crippen molar-refractivity contribution in [3.05, 3.63) is 28.2 Å². The van der Waals surface area contributed by atoms with E-state index in [1.807, 2.05) is 30.1 Å². The molecule has 0 bridgehead atoms. The highest BCUT2D eigenvalue weighted by Gasteiger charge is 2.16. The zero-order valence-electron chi connectivity index (χ0n) is 10.2. The minimum Gasteiger partial charge on any atom is -0.496 e. The molecule has 0 aromatic heterocycles. The summed E-state index contributed by atoms with van der Waals surface area (Å²) in [7, 11) is 3.49. The van der Waals surface area contributed by atoms with Crippen LogP contribution in [0.3, 0.4) is 0 Å². The number of hydrogen-bond donors (Lipinski definition) is 1. The van der Waals surface area contributed by atoms with Gasteiger partial charge in [-0.15, -0.1) is 0 Å². The van der Waals surface area contributed by atoms with Gasteiger partial charge in [0.25, 0.3) is 0 Å². The quantitative estimate of drug-likeness (QED) is 0.901. The zero-order valence-corrected chi connectivity index (χ0v) is 11.8. The van der Waals surface area contributed by atoms with Crippen molar-refractivity contribution in [3.8, 4) is 5.75 Å². The number of carbonyl (C=O) groups is 1. The summed E-state index contributed by atoms with van der Waals surface area (Å²) in [5, 5.41) is 0. The van der Waals surface area contributed by atoms with Crippen LogP contribution in [0.4, 0.5) is 0 Å². The summed E-state index contributed by atoms with van der Waals surface area (Å²) in [6, 6.07) is 5.48. The number of nitrogens with zero attached hydrogens (tertiary/aromatic N) is 1. The molecular formula is C12H17BrN2O2. The van der Waals surface area contributed by atoms with E-state index in [9.17, 15) is 4.79 Å². The molecular weight excluding hydrogens is 284 g/mol. The molecule has 17 heavy (non-hydrogen) atoms.